The molecule has 0 unspecified atom stereocenters. The lowest BCUT2D eigenvalue weighted by Gasteiger charge is -2.30. The maximum atomic E-state index is 12.9. The maximum Gasteiger partial charge on any atom is 0.248 e. The first kappa shape index (κ1) is 21.0. The Morgan fingerprint density at radius 2 is 1.59 bits per heavy atom. The van der Waals surface area contributed by atoms with Crippen LogP contribution in [0.5, 0.6) is 0 Å². The van der Waals surface area contributed by atoms with Gasteiger partial charge in [-0.15, -0.1) is 0 Å². The third kappa shape index (κ3) is 5.32. The topological polar surface area (TPSA) is 66.5 Å². The van der Waals surface area contributed by atoms with Crippen LogP contribution in [-0.4, -0.2) is 26.6 Å². The third-order valence-corrected chi connectivity index (χ3v) is 5.60. The molecule has 0 heterocycles. The van der Waals surface area contributed by atoms with Gasteiger partial charge in [-0.25, -0.2) is 8.42 Å². The Bertz CT molecular complexity index is 885. The second-order valence-corrected chi connectivity index (χ2v) is 8.73. The van der Waals surface area contributed by atoms with Gasteiger partial charge in [0.05, 0.1) is 11.9 Å². The van der Waals surface area contributed by atoms with E-state index >= 15 is 0 Å². The lowest BCUT2D eigenvalue weighted by atomic mass is 10.1. The quantitative estimate of drug-likeness (QED) is 0.778. The number of sulfonamides is 1. The summed E-state index contributed by atoms with van der Waals surface area (Å²) in [5.41, 5.74) is 4.24. The minimum Gasteiger partial charge on any atom is -0.324 e. The Kier molecular flexibility index (Phi) is 6.65. The Morgan fingerprint density at radius 1 is 1.04 bits per heavy atom. The molecule has 0 aliphatic rings. The van der Waals surface area contributed by atoms with E-state index in [-0.39, 0.29) is 5.91 Å². The van der Waals surface area contributed by atoms with Crippen molar-refractivity contribution >= 4 is 27.3 Å². The van der Waals surface area contributed by atoms with Crippen LogP contribution >= 0.6 is 0 Å². The van der Waals surface area contributed by atoms with E-state index in [4.69, 9.17) is 0 Å². The summed E-state index contributed by atoms with van der Waals surface area (Å²) in [4.78, 5) is 12.9. The fraction of sp³-hybridized carbons (Fsp3) is 0.381. The summed E-state index contributed by atoms with van der Waals surface area (Å²) in [5.74, 6) is -0.341. The van der Waals surface area contributed by atoms with E-state index in [1.165, 1.54) is 9.87 Å². The van der Waals surface area contributed by atoms with Crippen molar-refractivity contribution in [2.75, 3.05) is 15.9 Å². The van der Waals surface area contributed by atoms with Gasteiger partial charge in [-0.3, -0.25) is 9.10 Å². The number of nitrogens with zero attached hydrogens (tertiary/aromatic N) is 1. The van der Waals surface area contributed by atoms with Crippen LogP contribution < -0.4 is 9.62 Å². The summed E-state index contributed by atoms with van der Waals surface area (Å²) >= 11 is 0. The van der Waals surface area contributed by atoms with Gasteiger partial charge >= 0.3 is 0 Å². The van der Waals surface area contributed by atoms with Gasteiger partial charge in [-0.2, -0.15) is 0 Å². The number of anilines is 2. The highest BCUT2D eigenvalue weighted by atomic mass is 32.2. The molecule has 0 aliphatic heterocycles. The summed E-state index contributed by atoms with van der Waals surface area (Å²) in [7, 11) is -3.64. The Labute approximate surface area is 162 Å². The van der Waals surface area contributed by atoms with Crippen molar-refractivity contribution in [3.05, 3.63) is 59.2 Å². The van der Waals surface area contributed by atoms with Crippen LogP contribution in [-0.2, 0) is 21.2 Å². The van der Waals surface area contributed by atoms with Crippen LogP contribution in [0.2, 0.25) is 0 Å². The van der Waals surface area contributed by atoms with Gasteiger partial charge in [0.1, 0.15) is 6.04 Å². The first-order valence-corrected chi connectivity index (χ1v) is 11.0. The van der Waals surface area contributed by atoms with E-state index in [0.29, 0.717) is 17.8 Å². The number of benzene rings is 2. The number of aryl methyl sites for hydroxylation is 3. The van der Waals surface area contributed by atoms with Crippen molar-refractivity contribution in [1.29, 1.82) is 0 Å². The Balaban J connectivity index is 2.37. The molecule has 2 rings (SSSR count). The lowest BCUT2D eigenvalue weighted by molar-refractivity contribution is -0.117. The fourth-order valence-corrected chi connectivity index (χ4v) is 4.38. The molecule has 0 radical (unpaired) electrons. The minimum absolute atomic E-state index is 0.341. The molecule has 0 fully saturated rings. The molecule has 27 heavy (non-hydrogen) atoms. The normalized spacial score (nSPS) is 12.5. The lowest BCUT2D eigenvalue weighted by Crippen LogP contribution is -2.47. The molecule has 0 spiro atoms. The Hall–Kier alpha value is -2.34. The SMILES string of the molecule is CCc1ccc(NC(=O)[C@@H](CC)N(c2cc(C)cc(C)c2)S(C)(=O)=O)cc1. The average molecular weight is 389 g/mol. The minimum atomic E-state index is -3.64. The van der Waals surface area contributed by atoms with Crippen LogP contribution in [0.25, 0.3) is 0 Å². The van der Waals surface area contributed by atoms with Crippen LogP contribution in [0.3, 0.4) is 0 Å². The molecule has 0 aromatic heterocycles. The van der Waals surface area contributed by atoms with E-state index in [2.05, 4.69) is 12.2 Å². The number of carbonyl (C=O) groups excluding carboxylic acids is 1. The van der Waals surface area contributed by atoms with Crippen molar-refractivity contribution < 1.29 is 13.2 Å². The standard InChI is InChI=1S/C21H28N2O3S/c1-6-17-8-10-18(11-9-17)22-21(24)20(7-2)23(27(5,25)26)19-13-15(3)12-16(4)14-19/h8-14,20H,6-7H2,1-5H3,(H,22,24)/t20-/m1/s1. The molecular weight excluding hydrogens is 360 g/mol. The predicted molar refractivity (Wildman–Crippen MR) is 112 cm³/mol. The van der Waals surface area contributed by atoms with Crippen LogP contribution in [0.1, 0.15) is 37.0 Å². The van der Waals surface area contributed by atoms with E-state index < -0.39 is 16.1 Å². The Morgan fingerprint density at radius 3 is 2.04 bits per heavy atom. The molecule has 0 bridgehead atoms. The summed E-state index contributed by atoms with van der Waals surface area (Å²) in [6.07, 6.45) is 2.41. The van der Waals surface area contributed by atoms with Gasteiger partial charge in [-0.1, -0.05) is 32.0 Å². The zero-order chi connectivity index (χ0) is 20.2. The zero-order valence-electron chi connectivity index (χ0n) is 16.6. The number of hydrogen-bond acceptors (Lipinski definition) is 3. The second-order valence-electron chi connectivity index (χ2n) is 6.87. The highest BCUT2D eigenvalue weighted by Crippen LogP contribution is 2.26. The van der Waals surface area contributed by atoms with Crippen molar-refractivity contribution in [3.8, 4) is 0 Å². The van der Waals surface area contributed by atoms with Crippen LogP contribution in [0.4, 0.5) is 11.4 Å². The largest absolute Gasteiger partial charge is 0.324 e. The van der Waals surface area contributed by atoms with E-state index in [1.807, 2.05) is 51.1 Å². The van der Waals surface area contributed by atoms with Crippen molar-refractivity contribution in [2.45, 2.75) is 46.6 Å². The highest BCUT2D eigenvalue weighted by Gasteiger charge is 2.31. The molecule has 5 nitrogen and oxygen atoms in total. The van der Waals surface area contributed by atoms with Crippen molar-refractivity contribution in [1.82, 2.24) is 0 Å². The third-order valence-electron chi connectivity index (χ3n) is 4.42. The second kappa shape index (κ2) is 8.57. The van der Waals surface area contributed by atoms with Crippen molar-refractivity contribution in [3.63, 3.8) is 0 Å². The molecular formula is C21H28N2O3S. The van der Waals surface area contributed by atoms with E-state index in [0.717, 1.165) is 23.8 Å². The highest BCUT2D eigenvalue weighted by molar-refractivity contribution is 7.92. The maximum absolute atomic E-state index is 12.9. The number of amides is 1. The van der Waals surface area contributed by atoms with Crippen LogP contribution in [0.15, 0.2) is 42.5 Å². The number of carbonyl (C=O) groups is 1. The molecule has 1 N–H and O–H groups in total. The molecule has 0 saturated heterocycles. The number of hydrogen-bond donors (Lipinski definition) is 1. The van der Waals surface area contributed by atoms with Gasteiger partial charge < -0.3 is 5.32 Å². The van der Waals surface area contributed by atoms with Gasteiger partial charge in [0, 0.05) is 5.69 Å². The number of nitrogens with one attached hydrogen (secondary N) is 1. The van der Waals surface area contributed by atoms with Gasteiger partial charge in [0.15, 0.2) is 0 Å². The molecule has 2 aromatic carbocycles. The fourth-order valence-electron chi connectivity index (χ4n) is 3.19. The van der Waals surface area contributed by atoms with Gasteiger partial charge in [0.2, 0.25) is 15.9 Å². The van der Waals surface area contributed by atoms with Crippen molar-refractivity contribution in [2.24, 2.45) is 0 Å². The first-order valence-electron chi connectivity index (χ1n) is 9.13. The first-order chi connectivity index (χ1) is 12.7. The molecule has 1 amide bonds. The zero-order valence-corrected chi connectivity index (χ0v) is 17.4. The summed E-state index contributed by atoms with van der Waals surface area (Å²) in [6.45, 7) is 7.69. The summed E-state index contributed by atoms with van der Waals surface area (Å²) < 4.78 is 26.3. The molecule has 146 valence electrons. The molecule has 0 saturated carbocycles. The van der Waals surface area contributed by atoms with E-state index in [9.17, 15) is 13.2 Å². The van der Waals surface area contributed by atoms with Crippen LogP contribution in [0, 0.1) is 13.8 Å². The number of rotatable bonds is 7. The summed E-state index contributed by atoms with van der Waals surface area (Å²) in [6, 6.07) is 12.3. The smallest absolute Gasteiger partial charge is 0.248 e. The molecule has 0 aliphatic carbocycles. The molecule has 2 aromatic rings. The summed E-state index contributed by atoms with van der Waals surface area (Å²) in [5, 5.41) is 2.85. The molecule has 6 heteroatoms. The average Bonchev–Trinajstić information content (AvgIpc) is 2.58. The predicted octanol–water partition coefficient (Wildman–Crippen LogP) is 4.05. The van der Waals surface area contributed by atoms with Gasteiger partial charge in [-0.05, 0) is 67.6 Å². The van der Waals surface area contributed by atoms with E-state index in [1.54, 1.807) is 12.1 Å². The monoisotopic (exact) mass is 388 g/mol. The van der Waals surface area contributed by atoms with Gasteiger partial charge in [0.25, 0.3) is 0 Å². The molecule has 1 atom stereocenters.